The molecule has 23 heavy (non-hydrogen) atoms. The molecule has 0 unspecified atom stereocenters. The Morgan fingerprint density at radius 2 is 2.04 bits per heavy atom. The number of rotatable bonds is 6. The highest BCUT2D eigenvalue weighted by Crippen LogP contribution is 2.30. The van der Waals surface area contributed by atoms with Gasteiger partial charge in [-0.3, -0.25) is 4.79 Å². The minimum atomic E-state index is -2.54. The Labute approximate surface area is 134 Å². The van der Waals surface area contributed by atoms with Gasteiger partial charge in [-0.2, -0.15) is 0 Å². The molecule has 9 heteroatoms. The van der Waals surface area contributed by atoms with Gasteiger partial charge in [-0.05, 0) is 31.0 Å². The van der Waals surface area contributed by atoms with Crippen molar-refractivity contribution in [1.29, 1.82) is 0 Å². The molecule has 2 rings (SSSR count). The van der Waals surface area contributed by atoms with Crippen molar-refractivity contribution in [1.82, 2.24) is 0 Å². The smallest absolute Gasteiger partial charge is 0.332 e. The number of thioether (sulfide) groups is 1. The van der Waals surface area contributed by atoms with E-state index in [0.717, 1.165) is 23.9 Å². The fraction of sp³-hybridized carbons (Fsp3) is 0.429. The number of ether oxygens (including phenoxy) is 1. The SMILES string of the molecule is O=C(Nc1cc(F)ccc1SCC(F)F)[C@@H]1CC[C@H](C(=O)O)O1. The van der Waals surface area contributed by atoms with E-state index in [-0.39, 0.29) is 18.5 Å². The zero-order chi connectivity index (χ0) is 17.0. The highest BCUT2D eigenvalue weighted by atomic mass is 32.2. The van der Waals surface area contributed by atoms with Crippen LogP contribution in [-0.2, 0) is 14.3 Å². The van der Waals surface area contributed by atoms with Crippen LogP contribution in [0, 0.1) is 5.82 Å². The second-order valence-electron chi connectivity index (χ2n) is 4.86. The molecule has 0 aromatic heterocycles. The molecule has 1 aliphatic rings. The summed E-state index contributed by atoms with van der Waals surface area (Å²) in [5.41, 5.74) is 0.0584. The summed E-state index contributed by atoms with van der Waals surface area (Å²) >= 11 is 0.787. The first-order chi connectivity index (χ1) is 10.9. The molecule has 0 saturated carbocycles. The van der Waals surface area contributed by atoms with E-state index in [1.807, 2.05) is 0 Å². The summed E-state index contributed by atoms with van der Waals surface area (Å²) in [6.07, 6.45) is -4.14. The van der Waals surface area contributed by atoms with Crippen LogP contribution < -0.4 is 5.32 Å². The van der Waals surface area contributed by atoms with E-state index in [1.165, 1.54) is 6.07 Å². The number of carbonyl (C=O) groups is 2. The van der Waals surface area contributed by atoms with E-state index < -0.39 is 42.1 Å². The van der Waals surface area contributed by atoms with Gasteiger partial charge in [0.2, 0.25) is 6.43 Å². The maximum absolute atomic E-state index is 13.3. The fourth-order valence-corrected chi connectivity index (χ4v) is 2.84. The van der Waals surface area contributed by atoms with Gasteiger partial charge in [-0.25, -0.2) is 18.0 Å². The van der Waals surface area contributed by atoms with Crippen LogP contribution in [0.25, 0.3) is 0 Å². The Hall–Kier alpha value is -1.74. The highest BCUT2D eigenvalue weighted by Gasteiger charge is 2.34. The number of carbonyl (C=O) groups excluding carboxylic acids is 1. The molecular formula is C14H14F3NO4S. The topological polar surface area (TPSA) is 75.6 Å². The van der Waals surface area contributed by atoms with E-state index in [1.54, 1.807) is 0 Å². The predicted octanol–water partition coefficient (Wildman–Crippen LogP) is 2.75. The first-order valence-electron chi connectivity index (χ1n) is 6.76. The van der Waals surface area contributed by atoms with Gasteiger partial charge in [0, 0.05) is 4.90 Å². The van der Waals surface area contributed by atoms with E-state index in [4.69, 9.17) is 9.84 Å². The number of halogens is 3. The third-order valence-electron chi connectivity index (χ3n) is 3.15. The summed E-state index contributed by atoms with van der Waals surface area (Å²) in [5, 5.41) is 11.2. The van der Waals surface area contributed by atoms with Crippen molar-refractivity contribution >= 4 is 29.3 Å². The third kappa shape index (κ3) is 4.87. The second kappa shape index (κ2) is 7.69. The molecule has 5 nitrogen and oxygen atoms in total. The largest absolute Gasteiger partial charge is 0.479 e. The first kappa shape index (κ1) is 17.6. The van der Waals surface area contributed by atoms with Crippen molar-refractivity contribution in [2.45, 2.75) is 36.4 Å². The number of aliphatic carboxylic acids is 1. The van der Waals surface area contributed by atoms with Crippen molar-refractivity contribution in [3.05, 3.63) is 24.0 Å². The number of alkyl halides is 2. The Kier molecular flexibility index (Phi) is 5.89. The Morgan fingerprint density at radius 1 is 1.35 bits per heavy atom. The van der Waals surface area contributed by atoms with E-state index >= 15 is 0 Å². The van der Waals surface area contributed by atoms with E-state index in [2.05, 4.69) is 5.32 Å². The Bertz CT molecular complexity index is 599. The molecule has 1 aromatic rings. The zero-order valence-corrected chi connectivity index (χ0v) is 12.6. The molecule has 2 N–H and O–H groups in total. The van der Waals surface area contributed by atoms with Gasteiger partial charge in [0.15, 0.2) is 6.10 Å². The van der Waals surface area contributed by atoms with Crippen LogP contribution >= 0.6 is 11.8 Å². The molecule has 0 aliphatic carbocycles. The number of anilines is 1. The van der Waals surface area contributed by atoms with Gasteiger partial charge in [0.25, 0.3) is 5.91 Å². The van der Waals surface area contributed by atoms with Crippen molar-refractivity contribution in [2.75, 3.05) is 11.1 Å². The number of benzene rings is 1. The average Bonchev–Trinajstić information content (AvgIpc) is 2.96. The minimum absolute atomic E-state index is 0.0584. The summed E-state index contributed by atoms with van der Waals surface area (Å²) in [6, 6.07) is 3.43. The highest BCUT2D eigenvalue weighted by molar-refractivity contribution is 7.99. The van der Waals surface area contributed by atoms with E-state index in [9.17, 15) is 22.8 Å². The van der Waals surface area contributed by atoms with Crippen LogP contribution in [0.4, 0.5) is 18.9 Å². The summed E-state index contributed by atoms with van der Waals surface area (Å²) in [7, 11) is 0. The van der Waals surface area contributed by atoms with Crippen molar-refractivity contribution in [2.24, 2.45) is 0 Å². The maximum Gasteiger partial charge on any atom is 0.332 e. The lowest BCUT2D eigenvalue weighted by atomic mass is 10.2. The molecule has 1 amide bonds. The molecule has 1 aromatic carbocycles. The molecule has 1 aliphatic heterocycles. The fourth-order valence-electron chi connectivity index (χ4n) is 2.10. The molecule has 0 bridgehead atoms. The summed E-state index contributed by atoms with van der Waals surface area (Å²) in [5.74, 6) is -2.90. The number of hydrogen-bond donors (Lipinski definition) is 2. The van der Waals surface area contributed by atoms with Crippen LogP contribution in [-0.4, -0.2) is 41.4 Å². The van der Waals surface area contributed by atoms with E-state index in [0.29, 0.717) is 4.90 Å². The summed E-state index contributed by atoms with van der Waals surface area (Å²) in [4.78, 5) is 23.2. The average molecular weight is 349 g/mol. The number of carboxylic acids is 1. The quantitative estimate of drug-likeness (QED) is 0.773. The van der Waals surface area contributed by atoms with Gasteiger partial charge >= 0.3 is 5.97 Å². The first-order valence-corrected chi connectivity index (χ1v) is 7.75. The number of hydrogen-bond acceptors (Lipinski definition) is 4. The lowest BCUT2D eigenvalue weighted by Gasteiger charge is -2.14. The maximum atomic E-state index is 13.3. The molecule has 126 valence electrons. The molecule has 0 radical (unpaired) electrons. The molecule has 0 spiro atoms. The van der Waals surface area contributed by atoms with Gasteiger partial charge in [0.1, 0.15) is 11.9 Å². The predicted molar refractivity (Wildman–Crippen MR) is 77.3 cm³/mol. The molecule has 1 fully saturated rings. The third-order valence-corrected chi connectivity index (χ3v) is 4.24. The molecular weight excluding hydrogens is 335 g/mol. The van der Waals surface area contributed by atoms with Crippen LogP contribution in [0.15, 0.2) is 23.1 Å². The number of amides is 1. The zero-order valence-electron chi connectivity index (χ0n) is 11.8. The summed E-state index contributed by atoms with van der Waals surface area (Å²) in [6.45, 7) is 0. The Morgan fingerprint density at radius 3 is 2.65 bits per heavy atom. The summed E-state index contributed by atoms with van der Waals surface area (Å²) < 4.78 is 43.0. The van der Waals surface area contributed by atoms with Crippen LogP contribution in [0.5, 0.6) is 0 Å². The van der Waals surface area contributed by atoms with Crippen LogP contribution in [0.1, 0.15) is 12.8 Å². The minimum Gasteiger partial charge on any atom is -0.479 e. The van der Waals surface area contributed by atoms with Gasteiger partial charge in [0.05, 0.1) is 11.4 Å². The van der Waals surface area contributed by atoms with Gasteiger partial charge < -0.3 is 15.2 Å². The normalized spacial score (nSPS) is 20.7. The molecule has 2 atom stereocenters. The van der Waals surface area contributed by atoms with Crippen LogP contribution in [0.3, 0.4) is 0 Å². The standard InChI is InChI=1S/C14H14F3NO4S/c15-7-1-4-11(23-6-12(16)17)8(5-7)18-13(19)9-2-3-10(22-9)14(20)21/h1,4-5,9-10,12H,2-3,6H2,(H,18,19)(H,20,21)/t9-,10+/m0/s1. The number of carboxylic acid groups (broad SMARTS) is 1. The Balaban J connectivity index is 2.05. The van der Waals surface area contributed by atoms with Crippen LogP contribution in [0.2, 0.25) is 0 Å². The number of nitrogens with one attached hydrogen (secondary N) is 1. The van der Waals surface area contributed by atoms with Crippen molar-refractivity contribution < 1.29 is 32.6 Å². The molecule has 1 saturated heterocycles. The lowest BCUT2D eigenvalue weighted by molar-refractivity contribution is -0.150. The monoisotopic (exact) mass is 349 g/mol. The van der Waals surface area contributed by atoms with Gasteiger partial charge in [-0.15, -0.1) is 11.8 Å². The second-order valence-corrected chi connectivity index (χ2v) is 5.92. The lowest BCUT2D eigenvalue weighted by Crippen LogP contribution is -2.30. The molecule has 1 heterocycles. The van der Waals surface area contributed by atoms with Gasteiger partial charge in [-0.1, -0.05) is 0 Å². The van der Waals surface area contributed by atoms with Crippen molar-refractivity contribution in [3.8, 4) is 0 Å². The van der Waals surface area contributed by atoms with Crippen molar-refractivity contribution in [3.63, 3.8) is 0 Å².